The molecule has 0 aromatic rings. The maximum atomic E-state index is 2.39. The number of hydrogen-bond acceptors (Lipinski definition) is 0. The van der Waals surface area contributed by atoms with Crippen LogP contribution in [0.5, 0.6) is 0 Å². The van der Waals surface area contributed by atoms with Crippen molar-refractivity contribution in [2.75, 3.05) is 30.6 Å². The molecule has 0 aromatic heterocycles. The normalized spacial score (nSPS) is 14.9. The SMILES string of the molecule is CCCP(CCCC(C)C)CP(CCC)CCCC(C)C. The van der Waals surface area contributed by atoms with Gasteiger partial charge in [-0.25, -0.2) is 0 Å². The summed E-state index contributed by atoms with van der Waals surface area (Å²) in [6.07, 6.45) is 14.9. The number of rotatable bonds is 14. The molecule has 21 heavy (non-hydrogen) atoms. The zero-order valence-electron chi connectivity index (χ0n) is 15.8. The van der Waals surface area contributed by atoms with Gasteiger partial charge in [0.2, 0.25) is 0 Å². The van der Waals surface area contributed by atoms with Gasteiger partial charge in [0.15, 0.2) is 0 Å². The van der Waals surface area contributed by atoms with E-state index in [1.807, 2.05) is 0 Å². The minimum absolute atomic E-state index is 0.355. The van der Waals surface area contributed by atoms with E-state index in [1.165, 1.54) is 38.5 Å². The van der Waals surface area contributed by atoms with Crippen LogP contribution in [-0.4, -0.2) is 30.6 Å². The molecule has 0 aliphatic heterocycles. The van der Waals surface area contributed by atoms with Gasteiger partial charge in [-0.2, -0.15) is 0 Å². The summed E-state index contributed by atoms with van der Waals surface area (Å²) >= 11 is 0. The molecule has 0 spiro atoms. The Kier molecular flexibility index (Phi) is 15.0. The lowest BCUT2D eigenvalue weighted by molar-refractivity contribution is 0.577. The fourth-order valence-corrected chi connectivity index (χ4v) is 10.4. The van der Waals surface area contributed by atoms with Crippen LogP contribution in [0.2, 0.25) is 0 Å². The maximum absolute atomic E-state index is 2.39. The summed E-state index contributed by atoms with van der Waals surface area (Å²) in [6.45, 7) is 14.3. The third kappa shape index (κ3) is 14.2. The smallest absolute Gasteiger partial charge is 0.0120 e. The third-order valence-corrected chi connectivity index (χ3v) is 11.2. The number of hydrogen-bond donors (Lipinski definition) is 0. The van der Waals surface area contributed by atoms with Gasteiger partial charge < -0.3 is 0 Å². The Morgan fingerprint density at radius 1 is 0.619 bits per heavy atom. The second-order valence-corrected chi connectivity index (χ2v) is 13.1. The van der Waals surface area contributed by atoms with Crippen LogP contribution in [0, 0.1) is 11.8 Å². The lowest BCUT2D eigenvalue weighted by Gasteiger charge is -2.25. The van der Waals surface area contributed by atoms with Crippen LogP contribution in [0.3, 0.4) is 0 Å². The first-order chi connectivity index (χ1) is 9.99. The van der Waals surface area contributed by atoms with Crippen molar-refractivity contribution in [2.45, 2.75) is 80.1 Å². The fraction of sp³-hybridized carbons (Fsp3) is 1.00. The van der Waals surface area contributed by atoms with E-state index in [2.05, 4.69) is 41.5 Å². The van der Waals surface area contributed by atoms with Crippen molar-refractivity contribution in [3.8, 4) is 0 Å². The highest BCUT2D eigenvalue weighted by Crippen LogP contribution is 2.52. The predicted molar refractivity (Wildman–Crippen MR) is 107 cm³/mol. The molecule has 2 unspecified atom stereocenters. The summed E-state index contributed by atoms with van der Waals surface area (Å²) in [6, 6.07) is 0. The summed E-state index contributed by atoms with van der Waals surface area (Å²) in [5, 5.41) is 0. The van der Waals surface area contributed by atoms with Crippen LogP contribution in [-0.2, 0) is 0 Å². The molecule has 0 saturated carbocycles. The quantitative estimate of drug-likeness (QED) is 0.287. The topological polar surface area (TPSA) is 0 Å². The molecular weight excluding hydrogens is 290 g/mol. The summed E-state index contributed by atoms with van der Waals surface area (Å²) in [4.78, 5) is 0. The second-order valence-electron chi connectivity index (χ2n) is 7.45. The van der Waals surface area contributed by atoms with Crippen LogP contribution in [0.4, 0.5) is 0 Å². The first kappa shape index (κ1) is 21.9. The Morgan fingerprint density at radius 3 is 1.29 bits per heavy atom. The van der Waals surface area contributed by atoms with Gasteiger partial charge in [-0.1, -0.05) is 67.2 Å². The average molecular weight is 332 g/mol. The Labute approximate surface area is 138 Å². The molecule has 0 aromatic carbocycles. The van der Waals surface area contributed by atoms with Crippen molar-refractivity contribution in [3.05, 3.63) is 0 Å². The largest absolute Gasteiger partial charge is 0.102 e. The van der Waals surface area contributed by atoms with Crippen LogP contribution < -0.4 is 0 Å². The first-order valence-electron chi connectivity index (χ1n) is 9.44. The molecule has 0 rings (SSSR count). The fourth-order valence-electron chi connectivity index (χ4n) is 2.87. The van der Waals surface area contributed by atoms with Gasteiger partial charge >= 0.3 is 0 Å². The molecule has 0 N–H and O–H groups in total. The average Bonchev–Trinajstić information content (AvgIpc) is 2.38. The molecule has 0 saturated heterocycles. The summed E-state index contributed by atoms with van der Waals surface area (Å²) in [7, 11) is 0.709. The van der Waals surface area contributed by atoms with Crippen molar-refractivity contribution in [1.29, 1.82) is 0 Å². The monoisotopic (exact) mass is 332 g/mol. The molecule has 0 radical (unpaired) electrons. The highest BCUT2D eigenvalue weighted by atomic mass is 31.2. The highest BCUT2D eigenvalue weighted by molar-refractivity contribution is 7.74. The van der Waals surface area contributed by atoms with Gasteiger partial charge in [-0.15, -0.1) is 15.8 Å². The van der Waals surface area contributed by atoms with E-state index in [4.69, 9.17) is 0 Å². The van der Waals surface area contributed by atoms with Gasteiger partial charge in [0.05, 0.1) is 0 Å². The Morgan fingerprint density at radius 2 is 1.00 bits per heavy atom. The molecule has 0 heterocycles. The maximum Gasteiger partial charge on any atom is -0.0120 e. The Balaban J connectivity index is 4.16. The minimum atomic E-state index is 0.355. The lowest BCUT2D eigenvalue weighted by Crippen LogP contribution is -2.01. The van der Waals surface area contributed by atoms with Crippen molar-refractivity contribution in [3.63, 3.8) is 0 Å². The van der Waals surface area contributed by atoms with E-state index < -0.39 is 0 Å². The molecule has 0 fully saturated rings. The van der Waals surface area contributed by atoms with E-state index >= 15 is 0 Å². The van der Waals surface area contributed by atoms with Gasteiger partial charge in [0.25, 0.3) is 0 Å². The standard InChI is InChI=1S/C19H42P2/c1-7-13-20(15-9-11-18(3)4)17-21(14-8-2)16-10-12-19(5)6/h18-19H,7-17H2,1-6H3. The first-order valence-corrected chi connectivity index (χ1v) is 13.2. The summed E-state index contributed by atoms with van der Waals surface area (Å²) < 4.78 is 0. The van der Waals surface area contributed by atoms with Crippen molar-refractivity contribution < 1.29 is 0 Å². The van der Waals surface area contributed by atoms with Crippen LogP contribution in [0.15, 0.2) is 0 Å². The third-order valence-electron chi connectivity index (χ3n) is 3.99. The molecule has 0 aliphatic rings. The van der Waals surface area contributed by atoms with E-state index in [0.29, 0.717) is 15.8 Å². The van der Waals surface area contributed by atoms with Crippen molar-refractivity contribution >= 4 is 15.8 Å². The van der Waals surface area contributed by atoms with E-state index in [0.717, 1.165) is 11.8 Å². The molecular formula is C19H42P2. The van der Waals surface area contributed by atoms with E-state index in [1.54, 1.807) is 30.6 Å². The van der Waals surface area contributed by atoms with Gasteiger partial charge in [0, 0.05) is 0 Å². The Hall–Kier alpha value is 0.860. The molecule has 128 valence electrons. The summed E-state index contributed by atoms with van der Waals surface area (Å²) in [5.74, 6) is 3.43. The van der Waals surface area contributed by atoms with Gasteiger partial charge in [0.1, 0.15) is 0 Å². The summed E-state index contributed by atoms with van der Waals surface area (Å²) in [5.41, 5.74) is 0. The van der Waals surface area contributed by atoms with E-state index in [-0.39, 0.29) is 0 Å². The minimum Gasteiger partial charge on any atom is -0.102 e. The van der Waals surface area contributed by atoms with Gasteiger partial charge in [-0.3, -0.25) is 0 Å². The van der Waals surface area contributed by atoms with Crippen LogP contribution in [0.1, 0.15) is 80.1 Å². The van der Waals surface area contributed by atoms with Crippen LogP contribution >= 0.6 is 15.8 Å². The zero-order chi connectivity index (χ0) is 16.1. The molecule has 2 heteroatoms. The van der Waals surface area contributed by atoms with E-state index in [9.17, 15) is 0 Å². The Bertz CT molecular complexity index is 192. The van der Waals surface area contributed by atoms with Crippen molar-refractivity contribution in [1.82, 2.24) is 0 Å². The zero-order valence-corrected chi connectivity index (χ0v) is 17.6. The second kappa shape index (κ2) is 14.5. The highest BCUT2D eigenvalue weighted by Gasteiger charge is 2.15. The van der Waals surface area contributed by atoms with Gasteiger partial charge in [-0.05, 0) is 55.2 Å². The predicted octanol–water partition coefficient (Wildman–Crippen LogP) is 7.60. The lowest BCUT2D eigenvalue weighted by atomic mass is 10.1. The molecule has 0 amide bonds. The molecule has 0 nitrogen and oxygen atoms in total. The van der Waals surface area contributed by atoms with Crippen LogP contribution in [0.25, 0.3) is 0 Å². The molecule has 0 aliphatic carbocycles. The van der Waals surface area contributed by atoms with Crippen molar-refractivity contribution in [2.24, 2.45) is 11.8 Å². The molecule has 0 bridgehead atoms. The molecule has 2 atom stereocenters.